The maximum atomic E-state index is 11.9. The number of aromatic carboxylic acids is 2. The van der Waals surface area contributed by atoms with Crippen molar-refractivity contribution in [3.8, 4) is 0 Å². The van der Waals surface area contributed by atoms with E-state index in [9.17, 15) is 29.7 Å². The average Bonchev–Trinajstić information content (AvgIpc) is 2.80. The van der Waals surface area contributed by atoms with Crippen LogP contribution in [0.3, 0.4) is 0 Å². The molecule has 2 aromatic carbocycles. The number of aliphatic carboxylic acids is 1. The molecule has 1 unspecified atom stereocenters. The molecule has 5 N–H and O–H groups in total. The van der Waals surface area contributed by atoms with Gasteiger partial charge in [-0.2, -0.15) is 0 Å². The van der Waals surface area contributed by atoms with Gasteiger partial charge < -0.3 is 26.0 Å². The molecule has 0 aliphatic heterocycles. The summed E-state index contributed by atoms with van der Waals surface area (Å²) >= 11 is 11.9. The van der Waals surface area contributed by atoms with E-state index in [-0.39, 0.29) is 29.3 Å². The Morgan fingerprint density at radius 2 is 1.26 bits per heavy atom. The van der Waals surface area contributed by atoms with Crippen molar-refractivity contribution in [2.75, 3.05) is 17.2 Å². The van der Waals surface area contributed by atoms with E-state index in [0.29, 0.717) is 31.9 Å². The molecule has 10 nitrogen and oxygen atoms in total. The molecule has 0 aliphatic rings. The van der Waals surface area contributed by atoms with Crippen LogP contribution in [0.2, 0.25) is 10.0 Å². The van der Waals surface area contributed by atoms with Crippen LogP contribution in [0, 0.1) is 0 Å². The van der Waals surface area contributed by atoms with Crippen LogP contribution in [-0.4, -0.2) is 55.8 Å². The van der Waals surface area contributed by atoms with Gasteiger partial charge in [0.25, 0.3) is 0 Å². The molecule has 0 bridgehead atoms. The Hall–Kier alpha value is -4.15. The van der Waals surface area contributed by atoms with Crippen molar-refractivity contribution in [3.63, 3.8) is 0 Å². The van der Waals surface area contributed by atoms with E-state index < -0.39 is 23.9 Å². The Morgan fingerprint density at radius 3 is 1.74 bits per heavy atom. The van der Waals surface area contributed by atoms with Gasteiger partial charge in [0.05, 0.1) is 11.0 Å². The van der Waals surface area contributed by atoms with Crippen LogP contribution in [0.5, 0.6) is 0 Å². The highest BCUT2D eigenvalue weighted by atomic mass is 35.5. The smallest absolute Gasteiger partial charge is 0.339 e. The molecule has 4 aromatic rings. The lowest BCUT2D eigenvalue weighted by molar-refractivity contribution is -0.137. The van der Waals surface area contributed by atoms with Crippen LogP contribution < -0.4 is 10.6 Å². The number of carbonyl (C=O) groups is 3. The van der Waals surface area contributed by atoms with Crippen molar-refractivity contribution < 1.29 is 29.7 Å². The topological polar surface area (TPSA) is 162 Å². The molecule has 12 heteroatoms. The van der Waals surface area contributed by atoms with Crippen molar-refractivity contribution in [3.05, 3.63) is 69.7 Å². The lowest BCUT2D eigenvalue weighted by Crippen LogP contribution is -2.37. The molecule has 35 heavy (non-hydrogen) atoms. The van der Waals surface area contributed by atoms with Crippen LogP contribution in [0.4, 0.5) is 11.6 Å². The molecule has 0 saturated heterocycles. The van der Waals surface area contributed by atoms with E-state index in [0.717, 1.165) is 0 Å². The fourth-order valence-corrected chi connectivity index (χ4v) is 3.79. The number of hydrogen-bond donors (Lipinski definition) is 5. The normalized spacial score (nSPS) is 11.8. The third-order valence-corrected chi connectivity index (χ3v) is 5.57. The predicted octanol–water partition coefficient (Wildman–Crippen LogP) is 4.46. The number of nitrogens with zero attached hydrogens (tertiary/aromatic N) is 2. The molecule has 0 radical (unpaired) electrons. The van der Waals surface area contributed by atoms with Crippen LogP contribution in [0.15, 0.2) is 48.5 Å². The zero-order chi connectivity index (χ0) is 25.3. The van der Waals surface area contributed by atoms with Crippen LogP contribution in [0.1, 0.15) is 20.7 Å². The third kappa shape index (κ3) is 5.18. The summed E-state index contributed by atoms with van der Waals surface area (Å²) < 4.78 is 0. The Kier molecular flexibility index (Phi) is 6.59. The van der Waals surface area contributed by atoms with E-state index in [2.05, 4.69) is 20.6 Å². The number of rotatable bonds is 8. The van der Waals surface area contributed by atoms with Crippen LogP contribution >= 0.6 is 23.2 Å². The summed E-state index contributed by atoms with van der Waals surface area (Å²) in [5, 5.41) is 36.1. The minimum atomic E-state index is -1.38. The van der Waals surface area contributed by atoms with Crippen molar-refractivity contribution in [1.82, 2.24) is 9.97 Å². The fraction of sp³-hybridized carbons (Fsp3) is 0.0870. The number of carboxylic acid groups (broad SMARTS) is 3. The molecule has 0 spiro atoms. The molecule has 0 saturated carbocycles. The van der Waals surface area contributed by atoms with Gasteiger partial charge in [-0.15, -0.1) is 0 Å². The van der Waals surface area contributed by atoms with Crippen molar-refractivity contribution in [2.24, 2.45) is 0 Å². The summed E-state index contributed by atoms with van der Waals surface area (Å²) in [5.74, 6) is -4.14. The van der Waals surface area contributed by atoms with Gasteiger partial charge in [-0.25, -0.2) is 24.4 Å². The molecule has 2 heterocycles. The average molecular weight is 515 g/mol. The predicted molar refractivity (Wildman–Crippen MR) is 131 cm³/mol. The first-order valence-corrected chi connectivity index (χ1v) is 10.8. The van der Waals surface area contributed by atoms with E-state index in [1.54, 1.807) is 36.4 Å². The molecule has 0 aliphatic carbocycles. The number of anilines is 2. The maximum absolute atomic E-state index is 11.9. The number of benzene rings is 2. The van der Waals surface area contributed by atoms with Gasteiger partial charge in [-0.1, -0.05) is 23.2 Å². The molecular formula is C23H16Cl2N4O6. The lowest BCUT2D eigenvalue weighted by atomic mass is 10.1. The summed E-state index contributed by atoms with van der Waals surface area (Å²) in [7, 11) is 0. The van der Waals surface area contributed by atoms with E-state index in [4.69, 9.17) is 23.2 Å². The molecule has 2 aromatic heterocycles. The standard InChI is InChI=1S/C23H16Cl2N4O6/c24-12-1-3-16-10(5-12)7-14(21(30)31)19(27-16)26-9-18(23(34)35)29-20-15(22(32)33)8-11-6-13(25)2-4-17(11)28-20/h1-8,18H,9H2,(H,26,27)(H,28,29)(H,30,31)(H,32,33)(H,34,35). The number of carboxylic acids is 3. The number of nitrogens with one attached hydrogen (secondary N) is 2. The molecule has 0 amide bonds. The zero-order valence-electron chi connectivity index (χ0n) is 17.6. The number of pyridine rings is 2. The van der Waals surface area contributed by atoms with E-state index >= 15 is 0 Å². The van der Waals surface area contributed by atoms with Gasteiger partial charge >= 0.3 is 17.9 Å². The monoisotopic (exact) mass is 514 g/mol. The molecule has 0 fully saturated rings. The van der Waals surface area contributed by atoms with Crippen LogP contribution in [0.25, 0.3) is 21.8 Å². The Balaban J connectivity index is 1.65. The second-order valence-electron chi connectivity index (χ2n) is 7.47. The van der Waals surface area contributed by atoms with Gasteiger partial charge in [-0.3, -0.25) is 0 Å². The second-order valence-corrected chi connectivity index (χ2v) is 8.34. The summed E-state index contributed by atoms with van der Waals surface area (Å²) in [4.78, 5) is 44.0. The minimum absolute atomic E-state index is 0.0556. The molecular weight excluding hydrogens is 499 g/mol. The number of aromatic nitrogens is 2. The summed E-state index contributed by atoms with van der Waals surface area (Å²) in [5.41, 5.74) is 0.417. The molecule has 178 valence electrons. The Labute approximate surface area is 207 Å². The highest BCUT2D eigenvalue weighted by Gasteiger charge is 2.23. The fourth-order valence-electron chi connectivity index (χ4n) is 3.43. The van der Waals surface area contributed by atoms with Gasteiger partial charge in [0, 0.05) is 27.4 Å². The Morgan fingerprint density at radius 1 is 0.771 bits per heavy atom. The van der Waals surface area contributed by atoms with Gasteiger partial charge in [0.1, 0.15) is 28.8 Å². The maximum Gasteiger partial charge on any atom is 0.339 e. The van der Waals surface area contributed by atoms with Gasteiger partial charge in [0.2, 0.25) is 0 Å². The zero-order valence-corrected chi connectivity index (χ0v) is 19.1. The quantitative estimate of drug-likeness (QED) is 0.226. The second kappa shape index (κ2) is 9.61. The SMILES string of the molecule is O=C(O)c1cc2cc(Cl)ccc2nc1NCC(Nc1nc2ccc(Cl)cc2cc1C(=O)O)C(=O)O. The first kappa shape index (κ1) is 24.0. The minimum Gasteiger partial charge on any atom is -0.480 e. The molecule has 1 atom stereocenters. The molecule has 4 rings (SSSR count). The Bertz CT molecular complexity index is 1510. The van der Waals surface area contributed by atoms with E-state index in [1.165, 1.54) is 12.1 Å². The van der Waals surface area contributed by atoms with Gasteiger partial charge in [0.15, 0.2) is 0 Å². The number of halogens is 2. The summed E-state index contributed by atoms with van der Waals surface area (Å²) in [6.45, 7) is -0.332. The summed E-state index contributed by atoms with van der Waals surface area (Å²) in [6.07, 6.45) is 0. The lowest BCUT2D eigenvalue weighted by Gasteiger charge is -2.19. The number of hydrogen-bond acceptors (Lipinski definition) is 7. The highest BCUT2D eigenvalue weighted by Crippen LogP contribution is 2.26. The first-order chi connectivity index (χ1) is 16.6. The number of fused-ring (bicyclic) bond motifs is 2. The van der Waals surface area contributed by atoms with Crippen LogP contribution in [-0.2, 0) is 4.79 Å². The van der Waals surface area contributed by atoms with Crippen molar-refractivity contribution in [2.45, 2.75) is 6.04 Å². The van der Waals surface area contributed by atoms with Crippen molar-refractivity contribution in [1.29, 1.82) is 0 Å². The summed E-state index contributed by atoms with van der Waals surface area (Å²) in [6, 6.07) is 10.8. The largest absolute Gasteiger partial charge is 0.480 e. The highest BCUT2D eigenvalue weighted by molar-refractivity contribution is 6.31. The van der Waals surface area contributed by atoms with Gasteiger partial charge in [-0.05, 0) is 48.5 Å². The third-order valence-electron chi connectivity index (χ3n) is 5.10. The van der Waals surface area contributed by atoms with E-state index in [1.807, 2.05) is 0 Å². The van der Waals surface area contributed by atoms with Crippen molar-refractivity contribution >= 4 is 74.6 Å². The first-order valence-electron chi connectivity index (χ1n) is 10.0.